The molecule has 1 aliphatic rings. The van der Waals surface area contributed by atoms with Crippen LogP contribution in [-0.2, 0) is 61.4 Å². The number of aryl methyl sites for hydroxylation is 2. The summed E-state index contributed by atoms with van der Waals surface area (Å²) in [4.78, 5) is 88.5. The summed E-state index contributed by atoms with van der Waals surface area (Å²) in [5.41, 5.74) is 1.76. The highest BCUT2D eigenvalue weighted by atomic mass is 35.5. The number of carbonyl (C=O) groups is 5. The largest absolute Gasteiger partial charge is 0.778 e. The van der Waals surface area contributed by atoms with Crippen LogP contribution in [0.1, 0.15) is 61.7 Å². The zero-order valence-electron chi connectivity index (χ0n) is 45.2. The van der Waals surface area contributed by atoms with E-state index in [9.17, 15) is 56.7 Å². The minimum absolute atomic E-state index is 0.0223. The molecule has 1 aliphatic heterocycles. The quantitative estimate of drug-likeness (QED) is 0.0209. The Labute approximate surface area is 484 Å². The molecular formula is C51H64Cl4F3N4O16PS. The normalized spacial score (nSPS) is 13.9. The highest BCUT2D eigenvalue weighted by molar-refractivity contribution is 7.94. The third-order valence-electron chi connectivity index (χ3n) is 10.0. The first kappa shape index (κ1) is 72.6. The third-order valence-corrected chi connectivity index (χ3v) is 11.5. The SMILES string of the molecule is CC1COc2ccccc2N1C(=O)C(Cl)Cl.CCOC(=O)C(C)OC(=O)c1cc(Oc2ccc(C(F)(F)F)cc2Cl)ccc1[N+](=O)[O-].CCc1cccc(C)c1N(C(=O)CCl)C(C)COC.C[S+](C)C.O=C(O)CNCP(=O)([O-])O. The molecular weight excluding hydrogens is 1190 g/mol. The van der Waals surface area contributed by atoms with Gasteiger partial charge in [-0.15, -0.1) is 11.6 Å². The summed E-state index contributed by atoms with van der Waals surface area (Å²) in [6.45, 7) is 11.2. The molecule has 1 heterocycles. The number of methoxy groups -OCH3 is 1. The molecule has 0 fully saturated rings. The molecule has 0 aromatic heterocycles. The van der Waals surface area contributed by atoms with Crippen molar-refractivity contribution < 1.29 is 85.2 Å². The zero-order valence-corrected chi connectivity index (χ0v) is 50.0. The van der Waals surface area contributed by atoms with Gasteiger partial charge in [0.15, 0.2) is 10.9 Å². The van der Waals surface area contributed by atoms with Gasteiger partial charge in [-0.25, -0.2) is 9.59 Å². The third kappa shape index (κ3) is 25.2. The molecule has 4 atom stereocenters. The number of carbonyl (C=O) groups excluding carboxylic acids is 4. The molecule has 0 saturated heterocycles. The summed E-state index contributed by atoms with van der Waals surface area (Å²) in [6.07, 6.45) is 0.811. The van der Waals surface area contributed by atoms with Crippen molar-refractivity contribution in [3.8, 4) is 17.2 Å². The number of nitrogens with zero attached hydrogens (tertiary/aromatic N) is 3. The van der Waals surface area contributed by atoms with Gasteiger partial charge < -0.3 is 52.9 Å². The van der Waals surface area contributed by atoms with Crippen LogP contribution in [0.5, 0.6) is 17.2 Å². The monoisotopic (exact) mass is 1250 g/mol. The Hall–Kier alpha value is -5.40. The molecule has 80 heavy (non-hydrogen) atoms. The maximum Gasteiger partial charge on any atom is 0.416 e. The van der Waals surface area contributed by atoms with Crippen molar-refractivity contribution in [3.05, 3.63) is 116 Å². The fraction of sp³-hybridized carbons (Fsp3) is 0.431. The Bertz CT molecular complexity index is 2740. The van der Waals surface area contributed by atoms with Crippen molar-refractivity contribution in [3.63, 3.8) is 0 Å². The number of carboxylic acids is 1. The number of carboxylic acid groups (broad SMARTS) is 1. The molecule has 29 heteroatoms. The lowest BCUT2D eigenvalue weighted by Gasteiger charge is -2.35. The van der Waals surface area contributed by atoms with Gasteiger partial charge in [0.2, 0.25) is 5.91 Å². The fourth-order valence-electron chi connectivity index (χ4n) is 6.69. The lowest BCUT2D eigenvalue weighted by atomic mass is 10.0. The highest BCUT2D eigenvalue weighted by Gasteiger charge is 2.33. The fourth-order valence-corrected chi connectivity index (χ4v) is 7.64. The minimum atomic E-state index is -4.61. The number of esters is 2. The maximum absolute atomic E-state index is 12.8. The molecule has 2 amide bonds. The first-order valence-electron chi connectivity index (χ1n) is 23.7. The Morgan fingerprint density at radius 3 is 2.15 bits per heavy atom. The van der Waals surface area contributed by atoms with Crippen LogP contribution in [0.15, 0.2) is 78.9 Å². The molecule has 20 nitrogen and oxygen atoms in total. The second kappa shape index (κ2) is 35.5. The summed E-state index contributed by atoms with van der Waals surface area (Å²) in [6, 6.07) is 18.7. The standard InChI is InChI=1S/C19H15ClF3NO7.C15H22ClNO2.C11H11Cl2NO2.C3H8NO5P.C3H9S/c1-3-29-17(25)10(2)30-18(26)13-9-12(5-6-15(13)24(27)28)31-16-7-4-11(8-14(16)20)19(21,22)23;1-5-13-8-6-7-11(2)15(13)17(14(18)9-16)12(3)10-19-4;1-7-6-16-9-5-3-2-4-8(9)14(7)11(15)10(12)13;5-3(6)1-4-2-10(7,8)9;1-4(2)3/h4-10H,3H2,1-2H3;6-8,12H,5,9-10H2,1-4H3;2-5,7,10H,6H2,1H3;4H,1-2H2,(H,5,6)(H2,7,8,9);1-3H3/q;;;;+1/p-1. The van der Waals surface area contributed by atoms with Crippen molar-refractivity contribution in [2.24, 2.45) is 0 Å². The van der Waals surface area contributed by atoms with E-state index in [2.05, 4.69) is 31.8 Å². The van der Waals surface area contributed by atoms with Crippen LogP contribution in [0, 0.1) is 17.0 Å². The molecule has 444 valence electrons. The predicted molar refractivity (Wildman–Crippen MR) is 301 cm³/mol. The Balaban J connectivity index is 0.000000559. The number of nitro benzene ring substituents is 1. The number of nitro groups is 1. The summed E-state index contributed by atoms with van der Waals surface area (Å²) in [5.74, 6) is -3.27. The molecule has 0 bridgehead atoms. The van der Waals surface area contributed by atoms with Crippen molar-refractivity contribution in [1.29, 1.82) is 0 Å². The number of ether oxygens (including phenoxy) is 5. The van der Waals surface area contributed by atoms with Crippen LogP contribution in [0.2, 0.25) is 5.02 Å². The lowest BCUT2D eigenvalue weighted by Crippen LogP contribution is -2.47. The van der Waals surface area contributed by atoms with Gasteiger partial charge >= 0.3 is 24.1 Å². The first-order chi connectivity index (χ1) is 37.3. The van der Waals surface area contributed by atoms with E-state index in [0.29, 0.717) is 35.9 Å². The Morgan fingerprint density at radius 2 is 1.64 bits per heavy atom. The van der Waals surface area contributed by atoms with Crippen molar-refractivity contribution >= 4 is 112 Å². The number of anilines is 2. The number of para-hydroxylation sites is 3. The van der Waals surface area contributed by atoms with Gasteiger partial charge in [0.25, 0.3) is 11.6 Å². The number of alkyl halides is 6. The topological polar surface area (TPSA) is 274 Å². The molecule has 4 aromatic rings. The van der Waals surface area contributed by atoms with Gasteiger partial charge in [-0.3, -0.25) is 29.8 Å². The number of hydrogen-bond acceptors (Lipinski definition) is 15. The van der Waals surface area contributed by atoms with Gasteiger partial charge in [0.1, 0.15) is 42.9 Å². The first-order valence-corrected chi connectivity index (χ1v) is 29.7. The van der Waals surface area contributed by atoms with Crippen molar-refractivity contribution in [2.75, 3.05) is 74.2 Å². The molecule has 0 saturated carbocycles. The van der Waals surface area contributed by atoms with Crippen LogP contribution in [-0.4, -0.2) is 132 Å². The van der Waals surface area contributed by atoms with Crippen molar-refractivity contribution in [1.82, 2.24) is 5.32 Å². The van der Waals surface area contributed by atoms with Crippen LogP contribution in [0.25, 0.3) is 0 Å². The van der Waals surface area contributed by atoms with E-state index in [0.717, 1.165) is 59.3 Å². The van der Waals surface area contributed by atoms with Crippen LogP contribution >= 0.6 is 54.0 Å². The molecule has 0 aliphatic carbocycles. The molecule has 3 N–H and O–H groups in total. The molecule has 4 aromatic carbocycles. The number of nitrogens with one attached hydrogen (secondary N) is 1. The van der Waals surface area contributed by atoms with E-state index in [4.69, 9.17) is 80.1 Å². The lowest BCUT2D eigenvalue weighted by molar-refractivity contribution is -0.385. The summed E-state index contributed by atoms with van der Waals surface area (Å²) < 4.78 is 73.9. The van der Waals surface area contributed by atoms with E-state index >= 15 is 0 Å². The average molecular weight is 1250 g/mol. The smallest absolute Gasteiger partial charge is 0.416 e. The second-order valence-corrected chi connectivity index (χ2v) is 22.9. The van der Waals surface area contributed by atoms with Crippen LogP contribution < -0.4 is 29.5 Å². The number of amides is 2. The maximum atomic E-state index is 12.8. The average Bonchev–Trinajstić information content (AvgIpc) is 3.36. The number of fused-ring (bicyclic) bond motifs is 1. The van der Waals surface area contributed by atoms with E-state index < -0.39 is 77.2 Å². The predicted octanol–water partition coefficient (Wildman–Crippen LogP) is 9.59. The summed E-state index contributed by atoms with van der Waals surface area (Å²) in [7, 11) is -2.07. The minimum Gasteiger partial charge on any atom is -0.778 e. The molecule has 0 radical (unpaired) electrons. The van der Waals surface area contributed by atoms with E-state index in [-0.39, 0.29) is 52.9 Å². The molecule has 0 spiro atoms. The Kier molecular flexibility index (Phi) is 32.2. The summed E-state index contributed by atoms with van der Waals surface area (Å²) in [5, 5.41) is 20.8. The Morgan fingerprint density at radius 1 is 1.01 bits per heavy atom. The van der Waals surface area contributed by atoms with Crippen molar-refractivity contribution in [2.45, 2.75) is 77.2 Å². The van der Waals surface area contributed by atoms with Gasteiger partial charge in [0.05, 0.1) is 83.8 Å². The van der Waals surface area contributed by atoms with Gasteiger partial charge in [0, 0.05) is 19.2 Å². The van der Waals surface area contributed by atoms with Gasteiger partial charge in [-0.05, 0) is 99.5 Å². The van der Waals surface area contributed by atoms with E-state index in [1.54, 1.807) is 23.8 Å². The van der Waals surface area contributed by atoms with Gasteiger partial charge in [-0.1, -0.05) is 72.1 Å². The highest BCUT2D eigenvalue weighted by Crippen LogP contribution is 2.38. The molecule has 5 rings (SSSR count). The van der Waals surface area contributed by atoms with Crippen LogP contribution in [0.4, 0.5) is 30.2 Å². The number of aliphatic carboxylic acids is 1. The number of benzene rings is 4. The number of rotatable bonds is 18. The molecule has 4 unspecified atom stereocenters. The zero-order chi connectivity index (χ0) is 61.2. The van der Waals surface area contributed by atoms with E-state index in [1.165, 1.54) is 6.92 Å². The number of hydrogen-bond donors (Lipinski definition) is 3. The second-order valence-electron chi connectivity index (χ2n) is 17.1. The van der Waals surface area contributed by atoms with Gasteiger partial charge in [-0.2, -0.15) is 13.2 Å². The summed E-state index contributed by atoms with van der Waals surface area (Å²) >= 11 is 22.8. The van der Waals surface area contributed by atoms with Crippen LogP contribution in [0.3, 0.4) is 0 Å². The van der Waals surface area contributed by atoms with E-state index in [1.807, 2.05) is 62.5 Å². The number of halogens is 7.